The zero-order chi connectivity index (χ0) is 13.2. The van der Waals surface area contributed by atoms with E-state index in [1.165, 1.54) is 23.1 Å². The van der Waals surface area contributed by atoms with Gasteiger partial charge in [0, 0.05) is 12.0 Å². The molecule has 1 aromatic carbocycles. The van der Waals surface area contributed by atoms with E-state index in [1.807, 2.05) is 0 Å². The minimum Gasteiger partial charge on any atom is -0.392 e. The SMILES string of the molecule is Cc1cc(C)cc(CC2(CN)CCCCC2O)c1. The number of benzene rings is 1. The van der Waals surface area contributed by atoms with Gasteiger partial charge >= 0.3 is 0 Å². The van der Waals surface area contributed by atoms with Gasteiger partial charge in [0.2, 0.25) is 0 Å². The third-order valence-corrected chi connectivity index (χ3v) is 4.35. The van der Waals surface area contributed by atoms with Gasteiger partial charge in [0.05, 0.1) is 6.10 Å². The largest absolute Gasteiger partial charge is 0.392 e. The summed E-state index contributed by atoms with van der Waals surface area (Å²) < 4.78 is 0. The van der Waals surface area contributed by atoms with Crippen LogP contribution >= 0.6 is 0 Å². The van der Waals surface area contributed by atoms with E-state index >= 15 is 0 Å². The van der Waals surface area contributed by atoms with Crippen molar-refractivity contribution in [1.29, 1.82) is 0 Å². The van der Waals surface area contributed by atoms with E-state index in [1.54, 1.807) is 0 Å². The number of aryl methyl sites for hydroxylation is 2. The molecule has 1 fully saturated rings. The summed E-state index contributed by atoms with van der Waals surface area (Å²) in [6.07, 6.45) is 4.96. The normalized spacial score (nSPS) is 28.3. The van der Waals surface area contributed by atoms with E-state index in [9.17, 15) is 5.11 Å². The highest BCUT2D eigenvalue weighted by atomic mass is 16.3. The van der Waals surface area contributed by atoms with Gasteiger partial charge < -0.3 is 10.8 Å². The zero-order valence-corrected chi connectivity index (χ0v) is 11.6. The van der Waals surface area contributed by atoms with Crippen molar-refractivity contribution in [1.82, 2.24) is 0 Å². The van der Waals surface area contributed by atoms with E-state index in [-0.39, 0.29) is 11.5 Å². The van der Waals surface area contributed by atoms with E-state index in [0.717, 1.165) is 25.7 Å². The van der Waals surface area contributed by atoms with Crippen LogP contribution in [0.1, 0.15) is 42.4 Å². The molecule has 0 aromatic heterocycles. The van der Waals surface area contributed by atoms with Crippen LogP contribution in [0.15, 0.2) is 18.2 Å². The lowest BCUT2D eigenvalue weighted by Gasteiger charge is -2.41. The predicted molar refractivity (Wildman–Crippen MR) is 75.6 cm³/mol. The van der Waals surface area contributed by atoms with Crippen molar-refractivity contribution in [2.45, 2.75) is 52.1 Å². The second kappa shape index (κ2) is 5.41. The van der Waals surface area contributed by atoms with Crippen LogP contribution in [-0.4, -0.2) is 17.8 Å². The van der Waals surface area contributed by atoms with Gasteiger partial charge in [-0.2, -0.15) is 0 Å². The fraction of sp³-hybridized carbons (Fsp3) is 0.625. The predicted octanol–water partition coefficient (Wildman–Crippen LogP) is 2.73. The molecule has 0 aliphatic heterocycles. The molecule has 100 valence electrons. The molecule has 1 aliphatic rings. The third-order valence-electron chi connectivity index (χ3n) is 4.35. The second-order valence-corrected chi connectivity index (χ2v) is 6.00. The van der Waals surface area contributed by atoms with Crippen molar-refractivity contribution in [3.8, 4) is 0 Å². The zero-order valence-electron chi connectivity index (χ0n) is 11.6. The van der Waals surface area contributed by atoms with Crippen LogP contribution in [0.25, 0.3) is 0 Å². The summed E-state index contributed by atoms with van der Waals surface area (Å²) in [4.78, 5) is 0. The molecule has 2 rings (SSSR count). The summed E-state index contributed by atoms with van der Waals surface area (Å²) in [5.74, 6) is 0. The molecular weight excluding hydrogens is 222 g/mol. The first kappa shape index (κ1) is 13.6. The molecule has 1 aromatic rings. The molecule has 2 heteroatoms. The van der Waals surface area contributed by atoms with Crippen molar-refractivity contribution in [2.75, 3.05) is 6.54 Å². The van der Waals surface area contributed by atoms with Gasteiger partial charge in [-0.05, 0) is 38.7 Å². The molecule has 0 radical (unpaired) electrons. The summed E-state index contributed by atoms with van der Waals surface area (Å²) in [5.41, 5.74) is 9.80. The van der Waals surface area contributed by atoms with Crippen molar-refractivity contribution < 1.29 is 5.11 Å². The molecule has 0 saturated heterocycles. The average molecular weight is 247 g/mol. The first-order valence-electron chi connectivity index (χ1n) is 7.01. The second-order valence-electron chi connectivity index (χ2n) is 6.00. The van der Waals surface area contributed by atoms with E-state index in [4.69, 9.17) is 5.73 Å². The number of hydrogen-bond donors (Lipinski definition) is 2. The Hall–Kier alpha value is -0.860. The maximum Gasteiger partial charge on any atom is 0.0611 e. The van der Waals surface area contributed by atoms with Gasteiger partial charge in [-0.25, -0.2) is 0 Å². The molecule has 0 spiro atoms. The van der Waals surface area contributed by atoms with Crippen LogP contribution in [-0.2, 0) is 6.42 Å². The molecule has 0 amide bonds. The number of aliphatic hydroxyl groups excluding tert-OH is 1. The topological polar surface area (TPSA) is 46.2 Å². The number of hydrogen-bond acceptors (Lipinski definition) is 2. The van der Waals surface area contributed by atoms with Crippen LogP contribution in [0.5, 0.6) is 0 Å². The number of nitrogens with two attached hydrogens (primary N) is 1. The van der Waals surface area contributed by atoms with Gasteiger partial charge in [0.1, 0.15) is 0 Å². The maximum atomic E-state index is 10.3. The lowest BCUT2D eigenvalue weighted by molar-refractivity contribution is -0.00586. The smallest absolute Gasteiger partial charge is 0.0611 e. The quantitative estimate of drug-likeness (QED) is 0.862. The van der Waals surface area contributed by atoms with Gasteiger partial charge in [-0.1, -0.05) is 42.2 Å². The summed E-state index contributed by atoms with van der Waals surface area (Å²) in [5, 5.41) is 10.3. The molecule has 2 atom stereocenters. The first-order valence-corrected chi connectivity index (χ1v) is 7.01. The van der Waals surface area contributed by atoms with Gasteiger partial charge in [-0.15, -0.1) is 0 Å². The Bertz CT molecular complexity index is 395. The van der Waals surface area contributed by atoms with Crippen molar-refractivity contribution in [3.05, 3.63) is 34.9 Å². The fourth-order valence-electron chi connectivity index (χ4n) is 3.38. The van der Waals surface area contributed by atoms with Gasteiger partial charge in [-0.3, -0.25) is 0 Å². The van der Waals surface area contributed by atoms with Crippen LogP contribution in [0.3, 0.4) is 0 Å². The molecule has 3 N–H and O–H groups in total. The molecular formula is C16H25NO. The van der Waals surface area contributed by atoms with Crippen LogP contribution in [0, 0.1) is 19.3 Å². The van der Waals surface area contributed by atoms with Gasteiger partial charge in [0.25, 0.3) is 0 Å². The lowest BCUT2D eigenvalue weighted by atomic mass is 9.68. The fourth-order valence-corrected chi connectivity index (χ4v) is 3.38. The van der Waals surface area contributed by atoms with Crippen LogP contribution in [0.2, 0.25) is 0 Å². The Balaban J connectivity index is 2.23. The maximum absolute atomic E-state index is 10.3. The third kappa shape index (κ3) is 2.76. The monoisotopic (exact) mass is 247 g/mol. The summed E-state index contributed by atoms with van der Waals surface area (Å²) in [7, 11) is 0. The minimum absolute atomic E-state index is 0.0987. The average Bonchev–Trinajstić information content (AvgIpc) is 2.31. The Morgan fingerprint density at radius 1 is 1.22 bits per heavy atom. The lowest BCUT2D eigenvalue weighted by Crippen LogP contribution is -2.45. The highest BCUT2D eigenvalue weighted by Crippen LogP contribution is 2.38. The molecule has 2 nitrogen and oxygen atoms in total. The Kier molecular flexibility index (Phi) is 4.08. The summed E-state index contributed by atoms with van der Waals surface area (Å²) >= 11 is 0. The number of aliphatic hydroxyl groups is 1. The van der Waals surface area contributed by atoms with Crippen LogP contribution in [0.4, 0.5) is 0 Å². The highest BCUT2D eigenvalue weighted by Gasteiger charge is 2.38. The molecule has 1 saturated carbocycles. The molecule has 2 unspecified atom stereocenters. The molecule has 1 aliphatic carbocycles. The Morgan fingerprint density at radius 2 is 1.89 bits per heavy atom. The minimum atomic E-state index is -0.239. The Labute approximate surface area is 110 Å². The summed E-state index contributed by atoms with van der Waals surface area (Å²) in [6.45, 7) is 4.84. The van der Waals surface area contributed by atoms with Crippen LogP contribution < -0.4 is 5.73 Å². The molecule has 18 heavy (non-hydrogen) atoms. The highest BCUT2D eigenvalue weighted by molar-refractivity contribution is 5.29. The van der Waals surface area contributed by atoms with Gasteiger partial charge in [0.15, 0.2) is 0 Å². The summed E-state index contributed by atoms with van der Waals surface area (Å²) in [6, 6.07) is 6.65. The van der Waals surface area contributed by atoms with Crippen molar-refractivity contribution in [3.63, 3.8) is 0 Å². The van der Waals surface area contributed by atoms with E-state index in [0.29, 0.717) is 6.54 Å². The van der Waals surface area contributed by atoms with Crippen molar-refractivity contribution >= 4 is 0 Å². The van der Waals surface area contributed by atoms with E-state index in [2.05, 4.69) is 32.0 Å². The molecule has 0 heterocycles. The first-order chi connectivity index (χ1) is 8.55. The standard InChI is InChI=1S/C16H25NO/c1-12-7-13(2)9-14(8-12)10-16(11-17)6-4-3-5-15(16)18/h7-9,15,18H,3-6,10-11,17H2,1-2H3. The van der Waals surface area contributed by atoms with E-state index < -0.39 is 0 Å². The molecule has 0 bridgehead atoms. The number of rotatable bonds is 3. The van der Waals surface area contributed by atoms with Crippen molar-refractivity contribution in [2.24, 2.45) is 11.1 Å². The Morgan fingerprint density at radius 3 is 2.44 bits per heavy atom.